The molecule has 0 unspecified atom stereocenters. The number of benzene rings is 2. The van der Waals surface area contributed by atoms with E-state index in [4.69, 9.17) is 13.9 Å². The Labute approximate surface area is 184 Å². The number of carboxylic acids is 1. The highest BCUT2D eigenvalue weighted by molar-refractivity contribution is 5.94. The van der Waals surface area contributed by atoms with Gasteiger partial charge >= 0.3 is 11.6 Å². The van der Waals surface area contributed by atoms with E-state index in [9.17, 15) is 19.5 Å². The van der Waals surface area contributed by atoms with Gasteiger partial charge in [0.15, 0.2) is 6.61 Å². The normalized spacial score (nSPS) is 11.7. The molecule has 0 saturated carbocycles. The molecule has 0 fully saturated rings. The highest BCUT2D eigenvalue weighted by Gasteiger charge is 2.19. The van der Waals surface area contributed by atoms with Crippen LogP contribution in [0.5, 0.6) is 11.5 Å². The number of carboxylic acid groups (broad SMARTS) is 1. The van der Waals surface area contributed by atoms with Crippen molar-refractivity contribution in [2.45, 2.75) is 32.2 Å². The Morgan fingerprint density at radius 1 is 1.09 bits per heavy atom. The number of ether oxygens (including phenoxy) is 2. The minimum Gasteiger partial charge on any atom is -0.497 e. The molecule has 3 rings (SSSR count). The Morgan fingerprint density at radius 2 is 1.81 bits per heavy atom. The van der Waals surface area contributed by atoms with E-state index >= 15 is 0 Å². The van der Waals surface area contributed by atoms with Crippen LogP contribution in [0, 0.1) is 0 Å². The average Bonchev–Trinajstić information content (AvgIpc) is 2.79. The largest absolute Gasteiger partial charge is 0.497 e. The van der Waals surface area contributed by atoms with Crippen molar-refractivity contribution < 1.29 is 28.6 Å². The summed E-state index contributed by atoms with van der Waals surface area (Å²) in [5, 5.41) is 12.4. The summed E-state index contributed by atoms with van der Waals surface area (Å²) in [5.41, 5.74) is 1.32. The van der Waals surface area contributed by atoms with E-state index in [1.807, 2.05) is 19.1 Å². The summed E-state index contributed by atoms with van der Waals surface area (Å²) in [4.78, 5) is 35.5. The van der Waals surface area contributed by atoms with Gasteiger partial charge in [0.25, 0.3) is 5.91 Å². The third kappa shape index (κ3) is 5.66. The average molecular weight is 439 g/mol. The molecule has 0 bridgehead atoms. The van der Waals surface area contributed by atoms with E-state index in [-0.39, 0.29) is 6.61 Å². The maximum atomic E-state index is 12.1. The number of nitrogens with one attached hydrogen (secondary N) is 1. The van der Waals surface area contributed by atoms with Crippen LogP contribution in [0.2, 0.25) is 0 Å². The Bertz CT molecular complexity index is 1150. The summed E-state index contributed by atoms with van der Waals surface area (Å²) < 4.78 is 16.0. The van der Waals surface area contributed by atoms with Crippen molar-refractivity contribution >= 4 is 22.8 Å². The van der Waals surface area contributed by atoms with Crippen LogP contribution < -0.4 is 20.4 Å². The van der Waals surface area contributed by atoms with Gasteiger partial charge in [0.1, 0.15) is 23.1 Å². The van der Waals surface area contributed by atoms with Crippen LogP contribution in [-0.2, 0) is 9.59 Å². The topological polar surface area (TPSA) is 115 Å². The SMILES string of the molecule is CCCC[C@@H](NC(=O)COc1ccc2c(-c3ccc(OC)cc3)cc(=O)oc2c1)C(=O)O. The molecule has 2 N–H and O–H groups in total. The van der Waals surface area contributed by atoms with E-state index in [1.54, 1.807) is 31.4 Å². The van der Waals surface area contributed by atoms with Gasteiger partial charge in [0, 0.05) is 17.5 Å². The number of aliphatic carboxylic acids is 1. The Hall–Kier alpha value is -3.81. The van der Waals surface area contributed by atoms with E-state index in [0.717, 1.165) is 12.0 Å². The summed E-state index contributed by atoms with van der Waals surface area (Å²) in [6, 6.07) is 12.7. The van der Waals surface area contributed by atoms with Gasteiger partial charge in [-0.2, -0.15) is 0 Å². The third-order valence-corrected chi connectivity index (χ3v) is 4.97. The lowest BCUT2D eigenvalue weighted by Gasteiger charge is -2.14. The molecule has 2 aromatic carbocycles. The van der Waals surface area contributed by atoms with Crippen molar-refractivity contribution in [1.82, 2.24) is 5.32 Å². The predicted octanol–water partition coefficient (Wildman–Crippen LogP) is 3.61. The van der Waals surface area contributed by atoms with Crippen LogP contribution >= 0.6 is 0 Å². The zero-order chi connectivity index (χ0) is 23.1. The van der Waals surface area contributed by atoms with Crippen LogP contribution in [-0.4, -0.2) is 36.7 Å². The maximum Gasteiger partial charge on any atom is 0.336 e. The lowest BCUT2D eigenvalue weighted by molar-refractivity contribution is -0.142. The van der Waals surface area contributed by atoms with E-state index in [0.29, 0.717) is 40.9 Å². The van der Waals surface area contributed by atoms with Crippen molar-refractivity contribution in [3.63, 3.8) is 0 Å². The lowest BCUT2D eigenvalue weighted by Crippen LogP contribution is -2.42. The number of hydrogen-bond acceptors (Lipinski definition) is 6. The maximum absolute atomic E-state index is 12.1. The van der Waals surface area contributed by atoms with E-state index in [2.05, 4.69) is 5.32 Å². The number of rotatable bonds is 10. The molecule has 0 aliphatic heterocycles. The molecule has 1 aromatic heterocycles. The molecule has 8 nitrogen and oxygen atoms in total. The van der Waals surface area contributed by atoms with Crippen molar-refractivity contribution in [3.8, 4) is 22.6 Å². The molecule has 1 amide bonds. The minimum atomic E-state index is -1.08. The van der Waals surface area contributed by atoms with Crippen LogP contribution in [0.25, 0.3) is 22.1 Å². The molecule has 0 radical (unpaired) electrons. The van der Waals surface area contributed by atoms with Gasteiger partial charge in [-0.05, 0) is 41.8 Å². The van der Waals surface area contributed by atoms with Crippen molar-refractivity contribution in [2.24, 2.45) is 0 Å². The van der Waals surface area contributed by atoms with Crippen LogP contribution in [0.15, 0.2) is 57.7 Å². The van der Waals surface area contributed by atoms with Crippen molar-refractivity contribution in [3.05, 3.63) is 59.0 Å². The zero-order valence-corrected chi connectivity index (χ0v) is 17.9. The quantitative estimate of drug-likeness (QED) is 0.464. The van der Waals surface area contributed by atoms with Gasteiger partial charge in [-0.3, -0.25) is 4.79 Å². The van der Waals surface area contributed by atoms with Gasteiger partial charge in [0.05, 0.1) is 7.11 Å². The molecule has 1 heterocycles. The number of hydrogen-bond donors (Lipinski definition) is 2. The monoisotopic (exact) mass is 439 g/mol. The number of fused-ring (bicyclic) bond motifs is 1. The Morgan fingerprint density at radius 3 is 2.47 bits per heavy atom. The molecule has 0 saturated heterocycles. The second-order valence-corrected chi connectivity index (χ2v) is 7.25. The standard InChI is InChI=1S/C24H25NO7/c1-3-4-5-20(24(28)29)25-22(26)14-31-17-10-11-18-19(13-23(27)32-21(18)12-17)15-6-8-16(30-2)9-7-15/h6-13,20H,3-5,14H2,1-2H3,(H,25,26)(H,28,29)/t20-/m1/s1. The molecular weight excluding hydrogens is 414 g/mol. The second kappa shape index (κ2) is 10.5. The molecule has 168 valence electrons. The summed E-state index contributed by atoms with van der Waals surface area (Å²) in [6.45, 7) is 1.59. The minimum absolute atomic E-state index is 0.313. The van der Waals surface area contributed by atoms with E-state index < -0.39 is 23.5 Å². The molecule has 0 aliphatic carbocycles. The summed E-state index contributed by atoms with van der Waals surface area (Å²) in [7, 11) is 1.58. The fourth-order valence-electron chi connectivity index (χ4n) is 3.29. The van der Waals surface area contributed by atoms with Gasteiger partial charge in [-0.25, -0.2) is 9.59 Å². The highest BCUT2D eigenvalue weighted by atomic mass is 16.5. The first-order valence-electron chi connectivity index (χ1n) is 10.3. The van der Waals surface area contributed by atoms with Gasteiger partial charge < -0.3 is 24.3 Å². The zero-order valence-electron chi connectivity index (χ0n) is 17.9. The molecule has 3 aromatic rings. The molecule has 0 aliphatic rings. The van der Waals surface area contributed by atoms with Gasteiger partial charge in [-0.15, -0.1) is 0 Å². The second-order valence-electron chi connectivity index (χ2n) is 7.25. The summed E-state index contributed by atoms with van der Waals surface area (Å²) >= 11 is 0. The predicted molar refractivity (Wildman–Crippen MR) is 119 cm³/mol. The van der Waals surface area contributed by atoms with Crippen LogP contribution in [0.1, 0.15) is 26.2 Å². The number of carbonyl (C=O) groups excluding carboxylic acids is 1. The summed E-state index contributed by atoms with van der Waals surface area (Å²) in [5.74, 6) is -0.592. The molecule has 1 atom stereocenters. The number of amides is 1. The Balaban J connectivity index is 1.76. The number of methoxy groups -OCH3 is 1. The summed E-state index contributed by atoms with van der Waals surface area (Å²) in [6.07, 6.45) is 1.88. The fourth-order valence-corrected chi connectivity index (χ4v) is 3.29. The molecule has 32 heavy (non-hydrogen) atoms. The van der Waals surface area contributed by atoms with Crippen LogP contribution in [0.3, 0.4) is 0 Å². The third-order valence-electron chi connectivity index (χ3n) is 4.97. The first-order valence-corrected chi connectivity index (χ1v) is 10.3. The van der Waals surface area contributed by atoms with Gasteiger partial charge in [-0.1, -0.05) is 31.9 Å². The smallest absolute Gasteiger partial charge is 0.336 e. The van der Waals surface area contributed by atoms with Crippen LogP contribution in [0.4, 0.5) is 0 Å². The van der Waals surface area contributed by atoms with E-state index in [1.165, 1.54) is 12.1 Å². The van der Waals surface area contributed by atoms with Crippen molar-refractivity contribution in [1.29, 1.82) is 0 Å². The Kier molecular flexibility index (Phi) is 7.49. The lowest BCUT2D eigenvalue weighted by atomic mass is 10.0. The molecular formula is C24H25NO7. The molecule has 0 spiro atoms. The highest BCUT2D eigenvalue weighted by Crippen LogP contribution is 2.30. The first-order chi connectivity index (χ1) is 15.4. The van der Waals surface area contributed by atoms with Crippen molar-refractivity contribution in [2.75, 3.05) is 13.7 Å². The molecule has 8 heteroatoms. The first kappa shape index (κ1) is 22.9. The number of carbonyl (C=O) groups is 2. The fraction of sp³-hybridized carbons (Fsp3) is 0.292. The number of unbranched alkanes of at least 4 members (excludes halogenated alkanes) is 1. The van der Waals surface area contributed by atoms with Gasteiger partial charge in [0.2, 0.25) is 0 Å².